The van der Waals surface area contributed by atoms with Crippen molar-refractivity contribution in [1.29, 1.82) is 0 Å². The van der Waals surface area contributed by atoms with Crippen LogP contribution in [0.4, 0.5) is 5.69 Å². The Labute approximate surface area is 155 Å². The summed E-state index contributed by atoms with van der Waals surface area (Å²) < 4.78 is 6.14. The minimum Gasteiger partial charge on any atom is -0.497 e. The van der Waals surface area contributed by atoms with Gasteiger partial charge in [-0.05, 0) is 49.4 Å². The van der Waals surface area contributed by atoms with E-state index in [1.54, 1.807) is 48.1 Å². The lowest BCUT2D eigenvalue weighted by molar-refractivity contribution is -0.124. The Balaban J connectivity index is 1.79. The second-order valence-corrected chi connectivity index (χ2v) is 6.79. The molecule has 0 aromatic heterocycles. The van der Waals surface area contributed by atoms with E-state index in [1.807, 2.05) is 24.3 Å². The molecule has 1 heterocycles. The van der Waals surface area contributed by atoms with Crippen LogP contribution in [0.15, 0.2) is 53.0 Å². The maximum atomic E-state index is 12.8. The van der Waals surface area contributed by atoms with Crippen molar-refractivity contribution in [1.82, 2.24) is 4.90 Å². The predicted octanol–water partition coefficient (Wildman–Crippen LogP) is 3.34. The molecule has 25 heavy (non-hydrogen) atoms. The van der Waals surface area contributed by atoms with Crippen molar-refractivity contribution in [2.24, 2.45) is 0 Å². The third-order valence-electron chi connectivity index (χ3n) is 4.37. The first-order valence-electron chi connectivity index (χ1n) is 8.03. The zero-order valence-corrected chi connectivity index (χ0v) is 15.7. The SMILES string of the molecule is COc1cccc(C(=O)N2CCN(c3ccc(Br)cc3)C(=O)C2C)c1. The van der Waals surface area contributed by atoms with Gasteiger partial charge in [-0.2, -0.15) is 0 Å². The van der Waals surface area contributed by atoms with Crippen molar-refractivity contribution in [3.8, 4) is 5.75 Å². The average molecular weight is 403 g/mol. The number of nitrogens with zero attached hydrogens (tertiary/aromatic N) is 2. The number of piperazine rings is 1. The van der Waals surface area contributed by atoms with Gasteiger partial charge in [0, 0.05) is 28.8 Å². The first-order chi connectivity index (χ1) is 12.0. The molecule has 6 heteroatoms. The van der Waals surface area contributed by atoms with Crippen LogP contribution in [0.25, 0.3) is 0 Å². The van der Waals surface area contributed by atoms with Crippen LogP contribution in [-0.2, 0) is 4.79 Å². The highest BCUT2D eigenvalue weighted by Crippen LogP contribution is 2.24. The van der Waals surface area contributed by atoms with Gasteiger partial charge in [0.2, 0.25) is 5.91 Å². The van der Waals surface area contributed by atoms with Crippen molar-refractivity contribution in [3.63, 3.8) is 0 Å². The number of benzene rings is 2. The second kappa shape index (κ2) is 7.27. The van der Waals surface area contributed by atoms with Crippen molar-refractivity contribution < 1.29 is 14.3 Å². The third kappa shape index (κ3) is 3.54. The lowest BCUT2D eigenvalue weighted by Crippen LogP contribution is -2.57. The zero-order chi connectivity index (χ0) is 18.0. The van der Waals surface area contributed by atoms with Gasteiger partial charge in [-0.15, -0.1) is 0 Å². The number of hydrogen-bond acceptors (Lipinski definition) is 3. The van der Waals surface area contributed by atoms with E-state index in [4.69, 9.17) is 4.74 Å². The Morgan fingerprint density at radius 1 is 1.16 bits per heavy atom. The van der Waals surface area contributed by atoms with E-state index in [2.05, 4.69) is 15.9 Å². The Bertz CT molecular complexity index is 792. The minimum absolute atomic E-state index is 0.0789. The summed E-state index contributed by atoms with van der Waals surface area (Å²) in [7, 11) is 1.56. The fourth-order valence-electron chi connectivity index (χ4n) is 2.95. The molecule has 1 fully saturated rings. The van der Waals surface area contributed by atoms with Crippen molar-refractivity contribution in [2.75, 3.05) is 25.1 Å². The topological polar surface area (TPSA) is 49.9 Å². The van der Waals surface area contributed by atoms with Gasteiger partial charge < -0.3 is 14.5 Å². The molecule has 1 aliphatic rings. The van der Waals surface area contributed by atoms with Crippen LogP contribution in [0.1, 0.15) is 17.3 Å². The molecule has 0 aliphatic carbocycles. The molecular weight excluding hydrogens is 384 g/mol. The number of carbonyl (C=O) groups excluding carboxylic acids is 2. The Morgan fingerprint density at radius 2 is 1.88 bits per heavy atom. The minimum atomic E-state index is -0.518. The molecule has 1 unspecified atom stereocenters. The van der Waals surface area contributed by atoms with Crippen LogP contribution >= 0.6 is 15.9 Å². The highest BCUT2D eigenvalue weighted by molar-refractivity contribution is 9.10. The zero-order valence-electron chi connectivity index (χ0n) is 14.1. The molecule has 0 saturated carbocycles. The molecule has 2 aromatic carbocycles. The van der Waals surface area contributed by atoms with Crippen LogP contribution in [0.3, 0.4) is 0 Å². The Kier molecular flexibility index (Phi) is 5.08. The molecule has 0 radical (unpaired) electrons. The molecule has 1 aliphatic heterocycles. The number of halogens is 1. The van der Waals surface area contributed by atoms with E-state index in [-0.39, 0.29) is 11.8 Å². The van der Waals surface area contributed by atoms with Gasteiger partial charge in [0.15, 0.2) is 0 Å². The highest BCUT2D eigenvalue weighted by atomic mass is 79.9. The third-order valence-corrected chi connectivity index (χ3v) is 4.90. The number of rotatable bonds is 3. The molecule has 0 spiro atoms. The van der Waals surface area contributed by atoms with Gasteiger partial charge in [-0.3, -0.25) is 9.59 Å². The smallest absolute Gasteiger partial charge is 0.254 e. The molecule has 3 rings (SSSR count). The summed E-state index contributed by atoms with van der Waals surface area (Å²) in [6.07, 6.45) is 0. The lowest BCUT2D eigenvalue weighted by Gasteiger charge is -2.39. The summed E-state index contributed by atoms with van der Waals surface area (Å²) in [4.78, 5) is 28.9. The summed E-state index contributed by atoms with van der Waals surface area (Å²) in [6.45, 7) is 2.73. The molecule has 0 bridgehead atoms. The number of anilines is 1. The van der Waals surface area contributed by atoms with Gasteiger partial charge in [-0.1, -0.05) is 22.0 Å². The van der Waals surface area contributed by atoms with E-state index in [9.17, 15) is 9.59 Å². The largest absolute Gasteiger partial charge is 0.497 e. The maximum Gasteiger partial charge on any atom is 0.254 e. The normalized spacial score (nSPS) is 17.6. The number of methoxy groups -OCH3 is 1. The average Bonchev–Trinajstić information content (AvgIpc) is 2.64. The van der Waals surface area contributed by atoms with Gasteiger partial charge >= 0.3 is 0 Å². The fourth-order valence-corrected chi connectivity index (χ4v) is 3.21. The van der Waals surface area contributed by atoms with Crippen LogP contribution in [-0.4, -0.2) is 43.0 Å². The maximum absolute atomic E-state index is 12.8. The lowest BCUT2D eigenvalue weighted by atomic mass is 10.1. The van der Waals surface area contributed by atoms with Gasteiger partial charge in [0.05, 0.1) is 7.11 Å². The Hall–Kier alpha value is -2.34. The van der Waals surface area contributed by atoms with Crippen molar-refractivity contribution in [2.45, 2.75) is 13.0 Å². The molecule has 130 valence electrons. The van der Waals surface area contributed by atoms with Crippen LogP contribution in [0, 0.1) is 0 Å². The second-order valence-electron chi connectivity index (χ2n) is 5.87. The van der Waals surface area contributed by atoms with Gasteiger partial charge in [0.25, 0.3) is 5.91 Å². The quantitative estimate of drug-likeness (QED) is 0.790. The summed E-state index contributed by atoms with van der Waals surface area (Å²) >= 11 is 3.40. The molecule has 2 amide bonds. The number of ether oxygens (including phenoxy) is 1. The van der Waals surface area contributed by atoms with Crippen molar-refractivity contribution >= 4 is 33.4 Å². The van der Waals surface area contributed by atoms with Crippen molar-refractivity contribution in [3.05, 3.63) is 58.6 Å². The Morgan fingerprint density at radius 3 is 2.56 bits per heavy atom. The first-order valence-corrected chi connectivity index (χ1v) is 8.82. The van der Waals surface area contributed by atoms with Crippen LogP contribution in [0.5, 0.6) is 5.75 Å². The number of carbonyl (C=O) groups is 2. The first kappa shape index (κ1) is 17.5. The molecule has 0 N–H and O–H groups in total. The predicted molar refractivity (Wildman–Crippen MR) is 100.0 cm³/mol. The van der Waals surface area contributed by atoms with Crippen LogP contribution < -0.4 is 9.64 Å². The number of hydrogen-bond donors (Lipinski definition) is 0. The van der Waals surface area contributed by atoms with Gasteiger partial charge in [-0.25, -0.2) is 0 Å². The molecule has 1 atom stereocenters. The van der Waals surface area contributed by atoms with E-state index < -0.39 is 6.04 Å². The number of amides is 2. The molecular formula is C19H19BrN2O3. The molecule has 2 aromatic rings. The van der Waals surface area contributed by atoms with Gasteiger partial charge in [0.1, 0.15) is 11.8 Å². The highest BCUT2D eigenvalue weighted by Gasteiger charge is 2.35. The van der Waals surface area contributed by atoms with E-state index in [0.29, 0.717) is 24.4 Å². The summed E-state index contributed by atoms with van der Waals surface area (Å²) in [5, 5.41) is 0. The monoisotopic (exact) mass is 402 g/mol. The summed E-state index contributed by atoms with van der Waals surface area (Å²) in [5.41, 5.74) is 1.37. The van der Waals surface area contributed by atoms with E-state index in [1.165, 1.54) is 0 Å². The summed E-state index contributed by atoms with van der Waals surface area (Å²) in [5.74, 6) is 0.387. The van der Waals surface area contributed by atoms with Crippen LogP contribution in [0.2, 0.25) is 0 Å². The fraction of sp³-hybridized carbons (Fsp3) is 0.263. The molecule has 1 saturated heterocycles. The molecule has 5 nitrogen and oxygen atoms in total. The standard InChI is InChI=1S/C19H19BrN2O3/c1-13-18(23)22(16-8-6-15(20)7-9-16)11-10-21(13)19(24)14-4-3-5-17(12-14)25-2/h3-9,12-13H,10-11H2,1-2H3. The summed E-state index contributed by atoms with van der Waals surface area (Å²) in [6, 6.07) is 14.1. The van der Waals surface area contributed by atoms with E-state index >= 15 is 0 Å². The van der Waals surface area contributed by atoms with E-state index in [0.717, 1.165) is 10.2 Å².